The van der Waals surface area contributed by atoms with Crippen molar-refractivity contribution in [2.24, 2.45) is 0 Å². The van der Waals surface area contributed by atoms with Gasteiger partial charge in [0.1, 0.15) is 19.0 Å². The van der Waals surface area contributed by atoms with E-state index >= 15 is 0 Å². The second kappa shape index (κ2) is 11.4. The third-order valence-electron chi connectivity index (χ3n) is 3.24. The van der Waals surface area contributed by atoms with E-state index in [1.165, 1.54) is 0 Å². The van der Waals surface area contributed by atoms with Gasteiger partial charge in [0.15, 0.2) is 0 Å². The third kappa shape index (κ3) is 7.39. The van der Waals surface area contributed by atoms with Gasteiger partial charge in [-0.05, 0) is 19.3 Å². The first-order valence-electron chi connectivity index (χ1n) is 8.66. The molecule has 1 amide bonds. The van der Waals surface area contributed by atoms with Crippen LogP contribution in [0.4, 0.5) is 16.3 Å². The molecule has 0 bridgehead atoms. The molecule has 0 unspecified atom stereocenters. The Morgan fingerprint density at radius 2 is 1.88 bits per heavy atom. The average Bonchev–Trinajstić information content (AvgIpc) is 2.56. The Morgan fingerprint density at radius 3 is 2.50 bits per heavy atom. The van der Waals surface area contributed by atoms with Gasteiger partial charge in [0.2, 0.25) is 5.88 Å². The molecule has 3 N–H and O–H groups in total. The molecule has 1 aromatic heterocycles. The lowest BCUT2D eigenvalue weighted by Gasteiger charge is -2.24. The van der Waals surface area contributed by atoms with E-state index in [4.69, 9.17) is 15.2 Å². The van der Waals surface area contributed by atoms with Crippen LogP contribution in [0.5, 0.6) is 5.88 Å². The van der Waals surface area contributed by atoms with E-state index < -0.39 is 6.09 Å². The highest BCUT2D eigenvalue weighted by atomic mass is 16.6. The molecule has 0 aromatic carbocycles. The number of carbonyl (C=O) groups is 1. The monoisotopic (exact) mass is 338 g/mol. The summed E-state index contributed by atoms with van der Waals surface area (Å²) in [6, 6.07) is 3.73. The van der Waals surface area contributed by atoms with Gasteiger partial charge in [-0.2, -0.15) is 4.98 Å². The number of carbonyl (C=O) groups excluding carboxylic acids is 1. The van der Waals surface area contributed by atoms with Crippen LogP contribution in [0.2, 0.25) is 0 Å². The summed E-state index contributed by atoms with van der Waals surface area (Å²) in [6.45, 7) is 9.18. The second-order valence-electron chi connectivity index (χ2n) is 5.49. The fourth-order valence-corrected chi connectivity index (χ4v) is 2.24. The maximum absolute atomic E-state index is 11.3. The van der Waals surface area contributed by atoms with E-state index in [-0.39, 0.29) is 13.2 Å². The molecule has 7 heteroatoms. The van der Waals surface area contributed by atoms with Crippen LogP contribution in [-0.4, -0.2) is 43.9 Å². The molecule has 0 aliphatic heterocycles. The Morgan fingerprint density at radius 1 is 1.17 bits per heavy atom. The molecule has 0 atom stereocenters. The standard InChI is InChI=1S/C17H30N4O3/c1-4-7-19-17(22)24-11-10-23-16-13-14(12-15(18)20-16)21(8-5-2)9-6-3/h12-13H,4-11H2,1-3H3,(H2,18,20)(H,19,22). The van der Waals surface area contributed by atoms with Crippen LogP contribution < -0.4 is 20.7 Å². The first-order valence-corrected chi connectivity index (χ1v) is 8.66. The van der Waals surface area contributed by atoms with Crippen LogP contribution in [-0.2, 0) is 4.74 Å². The number of pyridine rings is 1. The van der Waals surface area contributed by atoms with Crippen LogP contribution in [0.15, 0.2) is 12.1 Å². The number of nitrogen functional groups attached to an aromatic ring is 1. The molecule has 0 fully saturated rings. The molecule has 1 heterocycles. The molecular weight excluding hydrogens is 308 g/mol. The smallest absolute Gasteiger partial charge is 0.407 e. The molecule has 136 valence electrons. The normalized spacial score (nSPS) is 10.3. The Bertz CT molecular complexity index is 491. The number of hydrogen-bond donors (Lipinski definition) is 2. The van der Waals surface area contributed by atoms with E-state index in [2.05, 4.69) is 29.0 Å². The minimum Gasteiger partial charge on any atom is -0.474 e. The van der Waals surface area contributed by atoms with Crippen molar-refractivity contribution in [3.8, 4) is 5.88 Å². The van der Waals surface area contributed by atoms with Gasteiger partial charge in [-0.25, -0.2) is 4.79 Å². The molecule has 7 nitrogen and oxygen atoms in total. The van der Waals surface area contributed by atoms with Crippen molar-refractivity contribution in [2.45, 2.75) is 40.0 Å². The van der Waals surface area contributed by atoms with Gasteiger partial charge >= 0.3 is 6.09 Å². The minimum absolute atomic E-state index is 0.162. The highest BCUT2D eigenvalue weighted by Gasteiger charge is 2.09. The topological polar surface area (TPSA) is 89.7 Å². The largest absolute Gasteiger partial charge is 0.474 e. The fraction of sp³-hybridized carbons (Fsp3) is 0.647. The van der Waals surface area contributed by atoms with Crippen molar-refractivity contribution in [2.75, 3.05) is 43.5 Å². The number of aromatic nitrogens is 1. The van der Waals surface area contributed by atoms with E-state index in [1.807, 2.05) is 19.1 Å². The third-order valence-corrected chi connectivity index (χ3v) is 3.24. The Balaban J connectivity index is 2.54. The number of ether oxygens (including phenoxy) is 2. The highest BCUT2D eigenvalue weighted by Crippen LogP contribution is 2.23. The summed E-state index contributed by atoms with van der Waals surface area (Å²) in [5.74, 6) is 0.862. The van der Waals surface area contributed by atoms with Crippen molar-refractivity contribution in [1.82, 2.24) is 10.3 Å². The van der Waals surface area contributed by atoms with Gasteiger partial charge in [0.05, 0.1) is 0 Å². The number of nitrogens with two attached hydrogens (primary N) is 1. The van der Waals surface area contributed by atoms with Crippen molar-refractivity contribution in [1.29, 1.82) is 0 Å². The predicted octanol–water partition coefficient (Wildman–Crippen LogP) is 2.81. The van der Waals surface area contributed by atoms with Gasteiger partial charge in [0.25, 0.3) is 0 Å². The van der Waals surface area contributed by atoms with Gasteiger partial charge < -0.3 is 25.4 Å². The lowest BCUT2D eigenvalue weighted by Crippen LogP contribution is -2.26. The second-order valence-corrected chi connectivity index (χ2v) is 5.49. The zero-order valence-corrected chi connectivity index (χ0v) is 15.0. The number of rotatable bonds is 11. The van der Waals surface area contributed by atoms with E-state index in [1.54, 1.807) is 0 Å². The average molecular weight is 338 g/mol. The lowest BCUT2D eigenvalue weighted by atomic mass is 10.3. The summed E-state index contributed by atoms with van der Waals surface area (Å²) >= 11 is 0. The molecule has 0 saturated heterocycles. The molecule has 24 heavy (non-hydrogen) atoms. The lowest BCUT2D eigenvalue weighted by molar-refractivity contribution is 0.124. The molecule has 1 rings (SSSR count). The summed E-state index contributed by atoms with van der Waals surface area (Å²) in [5, 5.41) is 2.63. The van der Waals surface area contributed by atoms with E-state index in [9.17, 15) is 4.79 Å². The van der Waals surface area contributed by atoms with Gasteiger partial charge in [-0.3, -0.25) is 0 Å². The number of hydrogen-bond acceptors (Lipinski definition) is 6. The Labute approximate surface area is 144 Å². The maximum atomic E-state index is 11.3. The highest BCUT2D eigenvalue weighted by molar-refractivity contribution is 5.67. The number of alkyl carbamates (subject to hydrolysis) is 1. The van der Waals surface area contributed by atoms with Crippen LogP contribution in [0, 0.1) is 0 Å². The van der Waals surface area contributed by atoms with Crippen molar-refractivity contribution < 1.29 is 14.3 Å². The summed E-state index contributed by atoms with van der Waals surface area (Å²) in [6.07, 6.45) is 2.55. The molecule has 0 aliphatic carbocycles. The molecule has 0 radical (unpaired) electrons. The summed E-state index contributed by atoms with van der Waals surface area (Å²) in [5.41, 5.74) is 6.89. The van der Waals surface area contributed by atoms with Crippen LogP contribution in [0.25, 0.3) is 0 Å². The minimum atomic E-state index is -0.432. The molecule has 0 saturated carbocycles. The summed E-state index contributed by atoms with van der Waals surface area (Å²) < 4.78 is 10.6. The number of nitrogens with one attached hydrogen (secondary N) is 1. The fourth-order valence-electron chi connectivity index (χ4n) is 2.24. The number of nitrogens with zero attached hydrogens (tertiary/aromatic N) is 2. The van der Waals surface area contributed by atoms with Gasteiger partial charge in [-0.1, -0.05) is 20.8 Å². The zero-order valence-electron chi connectivity index (χ0n) is 15.0. The molecular formula is C17H30N4O3. The molecule has 1 aromatic rings. The van der Waals surface area contributed by atoms with E-state index in [0.717, 1.165) is 38.0 Å². The Kier molecular flexibility index (Phi) is 9.41. The first-order chi connectivity index (χ1) is 11.6. The quantitative estimate of drug-likeness (QED) is 0.603. The molecule has 0 aliphatic rings. The van der Waals surface area contributed by atoms with Crippen LogP contribution in [0.3, 0.4) is 0 Å². The van der Waals surface area contributed by atoms with Gasteiger partial charge in [-0.15, -0.1) is 0 Å². The SMILES string of the molecule is CCCNC(=O)OCCOc1cc(N(CCC)CCC)cc(N)n1. The first kappa shape index (κ1) is 19.9. The zero-order chi connectivity index (χ0) is 17.8. The number of anilines is 2. The van der Waals surface area contributed by atoms with Crippen LogP contribution >= 0.6 is 0 Å². The maximum Gasteiger partial charge on any atom is 0.407 e. The van der Waals surface area contributed by atoms with E-state index in [0.29, 0.717) is 18.2 Å². The van der Waals surface area contributed by atoms with Crippen molar-refractivity contribution in [3.63, 3.8) is 0 Å². The van der Waals surface area contributed by atoms with Crippen molar-refractivity contribution in [3.05, 3.63) is 12.1 Å². The number of amides is 1. The summed E-state index contributed by atoms with van der Waals surface area (Å²) in [7, 11) is 0. The predicted molar refractivity (Wildman–Crippen MR) is 96.6 cm³/mol. The summed E-state index contributed by atoms with van der Waals surface area (Å²) in [4.78, 5) is 17.8. The Hall–Kier alpha value is -2.18. The van der Waals surface area contributed by atoms with Gasteiger partial charge in [0, 0.05) is 37.5 Å². The van der Waals surface area contributed by atoms with Crippen molar-refractivity contribution >= 4 is 17.6 Å². The molecule has 0 spiro atoms. The van der Waals surface area contributed by atoms with Crippen LogP contribution in [0.1, 0.15) is 40.0 Å².